The summed E-state index contributed by atoms with van der Waals surface area (Å²) in [6.07, 6.45) is 5.25. The van der Waals surface area contributed by atoms with E-state index in [0.717, 1.165) is 43.0 Å². The third kappa shape index (κ3) is 4.06. The SMILES string of the molecule is NC(=O)NC(=O)CSc1nc2sc3c(c2c(=O)n1-c1ccccc1)CCCCC3. The van der Waals surface area contributed by atoms with Gasteiger partial charge in [-0.3, -0.25) is 19.5 Å². The van der Waals surface area contributed by atoms with Crippen LogP contribution >= 0.6 is 23.1 Å². The number of nitrogens with two attached hydrogens (primary N) is 1. The van der Waals surface area contributed by atoms with Crippen LogP contribution in [0, 0.1) is 0 Å². The molecule has 0 unspecified atom stereocenters. The fraction of sp³-hybridized carbons (Fsp3) is 0.300. The highest BCUT2D eigenvalue weighted by atomic mass is 32.2. The minimum atomic E-state index is -0.901. The minimum absolute atomic E-state index is 0.0706. The summed E-state index contributed by atoms with van der Waals surface area (Å²) in [5.74, 6) is -0.600. The maximum Gasteiger partial charge on any atom is 0.318 e. The average Bonchev–Trinajstić information content (AvgIpc) is 2.88. The van der Waals surface area contributed by atoms with E-state index in [1.54, 1.807) is 15.9 Å². The lowest BCUT2D eigenvalue weighted by atomic mass is 10.1. The predicted octanol–water partition coefficient (Wildman–Crippen LogP) is 3.00. The van der Waals surface area contributed by atoms with Crippen molar-refractivity contribution >= 4 is 45.3 Å². The van der Waals surface area contributed by atoms with Crippen molar-refractivity contribution in [2.75, 3.05) is 5.75 Å². The Labute approximate surface area is 175 Å². The zero-order valence-corrected chi connectivity index (χ0v) is 17.3. The molecule has 7 nitrogen and oxygen atoms in total. The van der Waals surface area contributed by atoms with Crippen LogP contribution in [0.15, 0.2) is 40.3 Å². The maximum atomic E-state index is 13.6. The molecule has 2 heterocycles. The number of amides is 3. The Hall–Kier alpha value is -2.65. The van der Waals surface area contributed by atoms with Crippen LogP contribution in [-0.2, 0) is 17.6 Å². The van der Waals surface area contributed by atoms with E-state index in [4.69, 9.17) is 10.7 Å². The Morgan fingerprint density at radius 1 is 1.17 bits per heavy atom. The van der Waals surface area contributed by atoms with Crippen LogP contribution in [0.25, 0.3) is 15.9 Å². The molecule has 0 saturated heterocycles. The van der Waals surface area contributed by atoms with Crippen LogP contribution in [0.4, 0.5) is 4.79 Å². The normalized spacial score (nSPS) is 13.7. The molecule has 3 amide bonds. The molecule has 1 aromatic carbocycles. The topological polar surface area (TPSA) is 107 Å². The second kappa shape index (κ2) is 8.38. The lowest BCUT2D eigenvalue weighted by Gasteiger charge is -2.12. The number of benzene rings is 1. The number of thiophene rings is 1. The van der Waals surface area contributed by atoms with Gasteiger partial charge in [0.1, 0.15) is 4.83 Å². The number of primary amides is 1. The van der Waals surface area contributed by atoms with E-state index in [0.29, 0.717) is 21.1 Å². The molecule has 0 fully saturated rings. The first-order chi connectivity index (χ1) is 14.0. The van der Waals surface area contributed by atoms with E-state index in [1.807, 2.05) is 35.6 Å². The number of thioether (sulfide) groups is 1. The van der Waals surface area contributed by atoms with Crippen molar-refractivity contribution in [1.82, 2.24) is 14.9 Å². The van der Waals surface area contributed by atoms with Crippen LogP contribution in [0.2, 0.25) is 0 Å². The molecule has 3 N–H and O–H groups in total. The number of hydrogen-bond donors (Lipinski definition) is 2. The molecule has 4 rings (SSSR count). The van der Waals surface area contributed by atoms with Crippen LogP contribution in [0.5, 0.6) is 0 Å². The monoisotopic (exact) mass is 428 g/mol. The second-order valence-electron chi connectivity index (χ2n) is 6.82. The molecule has 3 aromatic rings. The Morgan fingerprint density at radius 2 is 1.93 bits per heavy atom. The van der Waals surface area contributed by atoms with Gasteiger partial charge in [-0.2, -0.15) is 0 Å². The Kier molecular flexibility index (Phi) is 5.68. The summed E-state index contributed by atoms with van der Waals surface area (Å²) in [6.45, 7) is 0. The first kappa shape index (κ1) is 19.7. The van der Waals surface area contributed by atoms with E-state index >= 15 is 0 Å². The van der Waals surface area contributed by atoms with Gasteiger partial charge in [-0.05, 0) is 43.4 Å². The molecule has 0 spiro atoms. The van der Waals surface area contributed by atoms with Crippen molar-refractivity contribution in [2.45, 2.75) is 37.3 Å². The van der Waals surface area contributed by atoms with Crippen molar-refractivity contribution in [3.8, 4) is 5.69 Å². The highest BCUT2D eigenvalue weighted by molar-refractivity contribution is 7.99. The van der Waals surface area contributed by atoms with Gasteiger partial charge in [0.25, 0.3) is 5.56 Å². The molecule has 0 saturated carbocycles. The van der Waals surface area contributed by atoms with Crippen LogP contribution in [0.1, 0.15) is 29.7 Å². The van der Waals surface area contributed by atoms with Crippen molar-refractivity contribution in [1.29, 1.82) is 0 Å². The summed E-state index contributed by atoms with van der Waals surface area (Å²) in [5, 5.41) is 3.15. The third-order valence-corrected chi connectivity index (χ3v) is 6.94. The summed E-state index contributed by atoms with van der Waals surface area (Å²) < 4.78 is 1.56. The average molecular weight is 429 g/mol. The first-order valence-electron chi connectivity index (χ1n) is 9.39. The third-order valence-electron chi connectivity index (χ3n) is 4.82. The predicted molar refractivity (Wildman–Crippen MR) is 115 cm³/mol. The van der Waals surface area contributed by atoms with E-state index < -0.39 is 11.9 Å². The number of rotatable bonds is 4. The van der Waals surface area contributed by atoms with Crippen molar-refractivity contribution in [3.63, 3.8) is 0 Å². The molecule has 0 radical (unpaired) electrons. The number of fused-ring (bicyclic) bond motifs is 3. The molecule has 0 bridgehead atoms. The molecule has 1 aliphatic rings. The number of aromatic nitrogens is 2. The number of aryl methyl sites for hydroxylation is 2. The Balaban J connectivity index is 1.84. The van der Waals surface area contributed by atoms with E-state index in [-0.39, 0.29) is 11.3 Å². The van der Waals surface area contributed by atoms with E-state index in [2.05, 4.69) is 0 Å². The smallest absolute Gasteiger partial charge is 0.318 e. The molecule has 150 valence electrons. The number of nitrogens with one attached hydrogen (secondary N) is 1. The molecule has 9 heteroatoms. The van der Waals surface area contributed by atoms with Gasteiger partial charge in [0, 0.05) is 4.88 Å². The molecule has 0 atom stereocenters. The lowest BCUT2D eigenvalue weighted by molar-refractivity contribution is -0.117. The number of urea groups is 1. The number of nitrogens with zero attached hydrogens (tertiary/aromatic N) is 2. The number of para-hydroxylation sites is 1. The zero-order valence-electron chi connectivity index (χ0n) is 15.6. The van der Waals surface area contributed by atoms with Gasteiger partial charge in [0.05, 0.1) is 16.8 Å². The Morgan fingerprint density at radius 3 is 2.69 bits per heavy atom. The lowest BCUT2D eigenvalue weighted by Crippen LogP contribution is -2.36. The van der Waals surface area contributed by atoms with Crippen molar-refractivity contribution in [2.24, 2.45) is 5.73 Å². The number of carbonyl (C=O) groups is 2. The highest BCUT2D eigenvalue weighted by Crippen LogP contribution is 2.34. The first-order valence-corrected chi connectivity index (χ1v) is 11.2. The van der Waals surface area contributed by atoms with Gasteiger partial charge in [-0.15, -0.1) is 11.3 Å². The molecule has 1 aliphatic carbocycles. The molecule has 0 aliphatic heterocycles. The van der Waals surface area contributed by atoms with Gasteiger partial charge in [0.15, 0.2) is 5.16 Å². The standard InChI is InChI=1S/C20H20N4O3S2/c21-19(27)22-15(25)11-28-20-23-17-16(13-9-5-2-6-10-14(13)29-17)18(26)24(20)12-7-3-1-4-8-12/h1,3-4,7-8H,2,5-6,9-11H2,(H3,21,22,25,27). The summed E-state index contributed by atoms with van der Waals surface area (Å²) in [4.78, 5) is 43.0. The van der Waals surface area contributed by atoms with Crippen molar-refractivity contribution in [3.05, 3.63) is 51.1 Å². The fourth-order valence-corrected chi connectivity index (χ4v) is 5.68. The fourth-order valence-electron chi connectivity index (χ4n) is 3.57. The van der Waals surface area contributed by atoms with Gasteiger partial charge in [0.2, 0.25) is 5.91 Å². The zero-order chi connectivity index (χ0) is 20.4. The quantitative estimate of drug-likeness (QED) is 0.377. The van der Waals surface area contributed by atoms with E-state index in [9.17, 15) is 14.4 Å². The minimum Gasteiger partial charge on any atom is -0.351 e. The second-order valence-corrected chi connectivity index (χ2v) is 8.84. The van der Waals surface area contributed by atoms with Gasteiger partial charge in [-0.25, -0.2) is 9.78 Å². The van der Waals surface area contributed by atoms with Gasteiger partial charge in [-0.1, -0.05) is 36.4 Å². The van der Waals surface area contributed by atoms with Crippen LogP contribution in [0.3, 0.4) is 0 Å². The Bertz CT molecular complexity index is 1140. The number of hydrogen-bond acceptors (Lipinski definition) is 6. The molecular weight excluding hydrogens is 408 g/mol. The van der Waals surface area contributed by atoms with E-state index in [1.165, 1.54) is 11.3 Å². The molecule has 2 aromatic heterocycles. The van der Waals surface area contributed by atoms with Gasteiger partial charge < -0.3 is 5.73 Å². The summed E-state index contributed by atoms with van der Waals surface area (Å²) in [7, 11) is 0. The van der Waals surface area contributed by atoms with Crippen LogP contribution in [-0.4, -0.2) is 27.2 Å². The van der Waals surface area contributed by atoms with Crippen molar-refractivity contribution < 1.29 is 9.59 Å². The summed E-state index contributed by atoms with van der Waals surface area (Å²) >= 11 is 2.69. The van der Waals surface area contributed by atoms with Gasteiger partial charge >= 0.3 is 6.03 Å². The maximum absolute atomic E-state index is 13.6. The summed E-state index contributed by atoms with van der Waals surface area (Å²) in [5.41, 5.74) is 6.71. The number of carbonyl (C=O) groups excluding carboxylic acids is 2. The molecular formula is C20H20N4O3S2. The number of imide groups is 1. The summed E-state index contributed by atoms with van der Waals surface area (Å²) in [6, 6.07) is 8.37. The molecule has 29 heavy (non-hydrogen) atoms. The largest absolute Gasteiger partial charge is 0.351 e. The highest BCUT2D eigenvalue weighted by Gasteiger charge is 2.22. The van der Waals surface area contributed by atoms with Crippen LogP contribution < -0.4 is 16.6 Å².